The number of aryl methyl sites for hydroxylation is 1. The molecule has 1 atom stereocenters. The highest BCUT2D eigenvalue weighted by Gasteiger charge is 2.06. The van der Waals surface area contributed by atoms with Crippen LogP contribution in [0.5, 0.6) is 0 Å². The largest absolute Gasteiger partial charge is 0.310 e. The maximum atomic E-state index is 4.19. The average molecular weight is 224 g/mol. The summed E-state index contributed by atoms with van der Waals surface area (Å²) in [6.07, 6.45) is 6.82. The third-order valence-corrected chi connectivity index (χ3v) is 3.06. The van der Waals surface area contributed by atoms with Gasteiger partial charge in [0.15, 0.2) is 0 Å². The fraction of sp³-hybridized carbons (Fsp3) is 0.833. The predicted octanol–water partition coefficient (Wildman–Crippen LogP) is 2.12. The second-order valence-electron chi connectivity index (χ2n) is 4.35. The first-order chi connectivity index (χ1) is 7.77. The number of hydrogen-bond donors (Lipinski definition) is 1. The standard InChI is InChI=1S/C12H24N4/c1-4-6-7-11(5-2)8-13-9-12-14-10-15-16(12)3/h10-11,13H,4-9H2,1-3H3. The highest BCUT2D eigenvalue weighted by Crippen LogP contribution is 2.11. The second-order valence-corrected chi connectivity index (χ2v) is 4.35. The van der Waals surface area contributed by atoms with E-state index >= 15 is 0 Å². The number of aromatic nitrogens is 3. The van der Waals surface area contributed by atoms with Gasteiger partial charge in [-0.25, -0.2) is 4.98 Å². The van der Waals surface area contributed by atoms with Gasteiger partial charge in [-0.05, 0) is 18.9 Å². The predicted molar refractivity (Wildman–Crippen MR) is 66.0 cm³/mol. The number of hydrogen-bond acceptors (Lipinski definition) is 3. The molecule has 0 saturated carbocycles. The molecule has 0 bridgehead atoms. The molecular weight excluding hydrogens is 200 g/mol. The average Bonchev–Trinajstić information content (AvgIpc) is 2.69. The lowest BCUT2D eigenvalue weighted by molar-refractivity contribution is 0.414. The van der Waals surface area contributed by atoms with Crippen molar-refractivity contribution in [3.8, 4) is 0 Å². The first-order valence-electron chi connectivity index (χ1n) is 6.31. The maximum absolute atomic E-state index is 4.19. The fourth-order valence-electron chi connectivity index (χ4n) is 1.81. The van der Waals surface area contributed by atoms with E-state index in [1.165, 1.54) is 25.7 Å². The molecule has 1 aromatic rings. The number of nitrogens with one attached hydrogen (secondary N) is 1. The molecule has 0 amide bonds. The van der Waals surface area contributed by atoms with Crippen molar-refractivity contribution >= 4 is 0 Å². The second kappa shape index (κ2) is 7.39. The van der Waals surface area contributed by atoms with E-state index in [1.54, 1.807) is 6.33 Å². The molecule has 1 heterocycles. The maximum Gasteiger partial charge on any atom is 0.140 e. The van der Waals surface area contributed by atoms with Crippen LogP contribution in [0.25, 0.3) is 0 Å². The Hall–Kier alpha value is -0.900. The molecule has 0 aliphatic heterocycles. The molecule has 0 spiro atoms. The summed E-state index contributed by atoms with van der Waals surface area (Å²) < 4.78 is 1.82. The molecule has 0 radical (unpaired) electrons. The zero-order valence-electron chi connectivity index (χ0n) is 10.7. The minimum atomic E-state index is 0.799. The van der Waals surface area contributed by atoms with Gasteiger partial charge in [0.1, 0.15) is 12.2 Å². The zero-order chi connectivity index (χ0) is 11.8. The molecule has 4 heteroatoms. The molecule has 1 rings (SSSR count). The summed E-state index contributed by atoms with van der Waals surface area (Å²) in [6.45, 7) is 6.42. The quantitative estimate of drug-likeness (QED) is 0.735. The first-order valence-corrected chi connectivity index (χ1v) is 6.31. The van der Waals surface area contributed by atoms with Crippen molar-refractivity contribution in [1.29, 1.82) is 0 Å². The van der Waals surface area contributed by atoms with Crippen molar-refractivity contribution in [2.45, 2.75) is 46.1 Å². The van der Waals surface area contributed by atoms with E-state index in [0.29, 0.717) is 0 Å². The first kappa shape index (κ1) is 13.2. The number of rotatable bonds is 8. The molecule has 16 heavy (non-hydrogen) atoms. The van der Waals surface area contributed by atoms with Crippen LogP contribution in [-0.4, -0.2) is 21.3 Å². The third-order valence-electron chi connectivity index (χ3n) is 3.06. The van der Waals surface area contributed by atoms with Gasteiger partial charge in [0.05, 0.1) is 6.54 Å². The Kier molecular flexibility index (Phi) is 6.08. The Morgan fingerprint density at radius 2 is 2.25 bits per heavy atom. The SMILES string of the molecule is CCCCC(CC)CNCc1ncnn1C. The molecule has 4 nitrogen and oxygen atoms in total. The molecule has 0 fully saturated rings. The van der Waals surface area contributed by atoms with Crippen LogP contribution in [0.4, 0.5) is 0 Å². The fourth-order valence-corrected chi connectivity index (χ4v) is 1.81. The van der Waals surface area contributed by atoms with E-state index in [-0.39, 0.29) is 0 Å². The van der Waals surface area contributed by atoms with Gasteiger partial charge in [0.2, 0.25) is 0 Å². The summed E-state index contributed by atoms with van der Waals surface area (Å²) in [5.74, 6) is 1.80. The van der Waals surface area contributed by atoms with E-state index < -0.39 is 0 Å². The van der Waals surface area contributed by atoms with Gasteiger partial charge in [0, 0.05) is 7.05 Å². The van der Waals surface area contributed by atoms with Gasteiger partial charge in [0.25, 0.3) is 0 Å². The van der Waals surface area contributed by atoms with Gasteiger partial charge in [-0.1, -0.05) is 33.1 Å². The van der Waals surface area contributed by atoms with Gasteiger partial charge >= 0.3 is 0 Å². The van der Waals surface area contributed by atoms with Crippen LogP contribution < -0.4 is 5.32 Å². The Morgan fingerprint density at radius 1 is 1.44 bits per heavy atom. The molecule has 1 N–H and O–H groups in total. The Balaban J connectivity index is 2.20. The minimum Gasteiger partial charge on any atom is -0.310 e. The van der Waals surface area contributed by atoms with Crippen molar-refractivity contribution in [3.05, 3.63) is 12.2 Å². The summed E-state index contributed by atoms with van der Waals surface area (Å²) in [5, 5.41) is 7.51. The van der Waals surface area contributed by atoms with Gasteiger partial charge in [-0.3, -0.25) is 4.68 Å². The van der Waals surface area contributed by atoms with Crippen LogP contribution in [-0.2, 0) is 13.6 Å². The number of unbranched alkanes of at least 4 members (excludes halogenated alkanes) is 1. The van der Waals surface area contributed by atoms with Crippen molar-refractivity contribution in [2.24, 2.45) is 13.0 Å². The Bertz CT molecular complexity index is 282. The smallest absolute Gasteiger partial charge is 0.140 e. The lowest BCUT2D eigenvalue weighted by Crippen LogP contribution is -2.23. The third kappa shape index (κ3) is 4.31. The zero-order valence-corrected chi connectivity index (χ0v) is 10.7. The van der Waals surface area contributed by atoms with E-state index in [2.05, 4.69) is 29.2 Å². The summed E-state index contributed by atoms with van der Waals surface area (Å²) in [7, 11) is 1.93. The van der Waals surface area contributed by atoms with Crippen LogP contribution in [0.2, 0.25) is 0 Å². The van der Waals surface area contributed by atoms with Crippen LogP contribution in [0.15, 0.2) is 6.33 Å². The van der Waals surface area contributed by atoms with Gasteiger partial charge < -0.3 is 5.32 Å². The normalized spacial score (nSPS) is 12.9. The number of nitrogens with zero attached hydrogens (tertiary/aromatic N) is 3. The van der Waals surface area contributed by atoms with Crippen LogP contribution in [0.1, 0.15) is 45.4 Å². The molecule has 0 aromatic carbocycles. The lowest BCUT2D eigenvalue weighted by Gasteiger charge is -2.14. The monoisotopic (exact) mass is 224 g/mol. The molecule has 0 saturated heterocycles. The van der Waals surface area contributed by atoms with Crippen LogP contribution in [0.3, 0.4) is 0 Å². The highest BCUT2D eigenvalue weighted by atomic mass is 15.3. The Morgan fingerprint density at radius 3 is 2.81 bits per heavy atom. The molecular formula is C12H24N4. The molecule has 1 unspecified atom stereocenters. The highest BCUT2D eigenvalue weighted by molar-refractivity contribution is 4.82. The van der Waals surface area contributed by atoms with Crippen LogP contribution in [0, 0.1) is 5.92 Å². The van der Waals surface area contributed by atoms with E-state index in [1.807, 2.05) is 11.7 Å². The van der Waals surface area contributed by atoms with Crippen molar-refractivity contribution in [3.63, 3.8) is 0 Å². The van der Waals surface area contributed by atoms with E-state index in [4.69, 9.17) is 0 Å². The Labute approximate surface area is 98.5 Å². The molecule has 1 aromatic heterocycles. The topological polar surface area (TPSA) is 42.7 Å². The molecule has 92 valence electrons. The molecule has 0 aliphatic carbocycles. The van der Waals surface area contributed by atoms with Crippen molar-refractivity contribution < 1.29 is 0 Å². The van der Waals surface area contributed by atoms with Crippen LogP contribution >= 0.6 is 0 Å². The van der Waals surface area contributed by atoms with Gasteiger partial charge in [-0.15, -0.1) is 0 Å². The summed E-state index contributed by atoms with van der Waals surface area (Å²) in [4.78, 5) is 4.19. The van der Waals surface area contributed by atoms with Crippen molar-refractivity contribution in [2.75, 3.05) is 6.54 Å². The summed E-state index contributed by atoms with van der Waals surface area (Å²) >= 11 is 0. The van der Waals surface area contributed by atoms with E-state index in [0.717, 1.165) is 24.8 Å². The van der Waals surface area contributed by atoms with Gasteiger partial charge in [-0.2, -0.15) is 5.10 Å². The van der Waals surface area contributed by atoms with E-state index in [9.17, 15) is 0 Å². The van der Waals surface area contributed by atoms with Crippen molar-refractivity contribution in [1.82, 2.24) is 20.1 Å². The minimum absolute atomic E-state index is 0.799. The lowest BCUT2D eigenvalue weighted by atomic mass is 9.99. The summed E-state index contributed by atoms with van der Waals surface area (Å²) in [5.41, 5.74) is 0. The summed E-state index contributed by atoms with van der Waals surface area (Å²) in [6, 6.07) is 0. The molecule has 0 aliphatic rings.